The van der Waals surface area contributed by atoms with Crippen molar-refractivity contribution in [1.82, 2.24) is 9.80 Å². The summed E-state index contributed by atoms with van der Waals surface area (Å²) in [4.78, 5) is 53.1. The number of allylic oxidation sites excluding steroid dienone is 1. The van der Waals surface area contributed by atoms with Crippen LogP contribution in [-0.2, 0) is 28.7 Å². The van der Waals surface area contributed by atoms with Crippen molar-refractivity contribution >= 4 is 64.6 Å². The lowest BCUT2D eigenvalue weighted by atomic mass is 10.1. The maximum absolute atomic E-state index is 13.1. The Labute approximate surface area is 218 Å². The molecule has 1 fully saturated rings. The Balaban J connectivity index is 1.77. The number of thiocarbonyl (C=S) groups is 1. The molecule has 0 radical (unpaired) electrons. The van der Waals surface area contributed by atoms with Gasteiger partial charge in [-0.1, -0.05) is 36.5 Å². The van der Waals surface area contributed by atoms with Crippen molar-refractivity contribution in [2.45, 2.75) is 52.6 Å². The molecule has 12 heteroatoms. The van der Waals surface area contributed by atoms with Crippen LogP contribution in [0, 0.1) is 0 Å². The second-order valence-corrected chi connectivity index (χ2v) is 10.7. The van der Waals surface area contributed by atoms with Crippen LogP contribution in [0.2, 0.25) is 0 Å². The van der Waals surface area contributed by atoms with Gasteiger partial charge in [-0.3, -0.25) is 24.2 Å². The minimum atomic E-state index is -1.11. The zero-order valence-electron chi connectivity index (χ0n) is 20.0. The molecule has 2 rings (SSSR count). The summed E-state index contributed by atoms with van der Waals surface area (Å²) in [5.41, 5.74) is 0.367. The number of nitrogens with zero attached hydrogens (tertiary/aromatic N) is 2. The van der Waals surface area contributed by atoms with Gasteiger partial charge in [0.25, 0.3) is 11.8 Å². The van der Waals surface area contributed by atoms with Crippen LogP contribution >= 0.6 is 35.7 Å². The fourth-order valence-corrected chi connectivity index (χ4v) is 5.68. The normalized spacial score (nSPS) is 19.1. The molecule has 1 N–H and O–H groups in total. The molecule has 1 saturated heterocycles. The molecule has 0 bridgehead atoms. The van der Waals surface area contributed by atoms with E-state index in [4.69, 9.17) is 21.7 Å². The van der Waals surface area contributed by atoms with E-state index in [0.29, 0.717) is 36.6 Å². The Morgan fingerprint density at radius 2 is 1.80 bits per heavy atom. The fourth-order valence-electron chi connectivity index (χ4n) is 3.09. The molecule has 2 aliphatic heterocycles. The van der Waals surface area contributed by atoms with Crippen LogP contribution in [0.5, 0.6) is 0 Å². The van der Waals surface area contributed by atoms with Crippen molar-refractivity contribution < 1.29 is 33.8 Å². The van der Waals surface area contributed by atoms with Crippen LogP contribution in [0.1, 0.15) is 46.5 Å². The first-order valence-electron chi connectivity index (χ1n) is 11.2. The van der Waals surface area contributed by atoms with E-state index >= 15 is 0 Å². The number of likely N-dealkylation sites (N-methyl/N-ethyl adjacent to an activating group) is 1. The third kappa shape index (κ3) is 8.19. The smallest absolute Gasteiger partial charge is 0.333 e. The van der Waals surface area contributed by atoms with E-state index in [1.54, 1.807) is 0 Å². The third-order valence-electron chi connectivity index (χ3n) is 4.94. The summed E-state index contributed by atoms with van der Waals surface area (Å²) in [6, 6.07) is 0. The minimum absolute atomic E-state index is 0.143. The number of hydrogen-bond donors (Lipinski definition) is 1. The van der Waals surface area contributed by atoms with Gasteiger partial charge in [0.1, 0.15) is 24.9 Å². The molecule has 0 aromatic rings. The standard InChI is InChI=1S/C23H30N2O7S3/c1-5-24-19(28)18(22-34-13-15(4)35-22)20(29)25(23(24)33)10-8-6-7-9-17(27)31-11-16(26)12-32-21(30)14(2)3/h13,16,26H,2,5-12H2,1,3-4H3/b22-18+. The summed E-state index contributed by atoms with van der Waals surface area (Å²) in [6.07, 6.45) is 0.772. The van der Waals surface area contributed by atoms with Crippen LogP contribution in [0.25, 0.3) is 0 Å². The molecule has 192 valence electrons. The zero-order valence-corrected chi connectivity index (χ0v) is 22.5. The predicted octanol–water partition coefficient (Wildman–Crippen LogP) is 3.10. The molecule has 2 aliphatic rings. The van der Waals surface area contributed by atoms with Crippen LogP contribution in [0.3, 0.4) is 0 Å². The van der Waals surface area contributed by atoms with Gasteiger partial charge in [-0.05, 0) is 56.1 Å². The number of esters is 2. The first kappa shape index (κ1) is 29.1. The molecule has 0 aromatic heterocycles. The summed E-state index contributed by atoms with van der Waals surface area (Å²) in [6.45, 7) is 8.80. The maximum atomic E-state index is 13.1. The molecular formula is C23H30N2O7S3. The van der Waals surface area contributed by atoms with Crippen molar-refractivity contribution in [3.63, 3.8) is 0 Å². The van der Waals surface area contributed by atoms with E-state index in [0.717, 1.165) is 4.91 Å². The number of thioether (sulfide) groups is 2. The summed E-state index contributed by atoms with van der Waals surface area (Å²) in [5.74, 6) is -1.85. The number of hydrogen-bond acceptors (Lipinski definition) is 10. The lowest BCUT2D eigenvalue weighted by Crippen LogP contribution is -2.56. The van der Waals surface area contributed by atoms with E-state index in [2.05, 4.69) is 6.58 Å². The van der Waals surface area contributed by atoms with Crippen molar-refractivity contribution in [1.29, 1.82) is 0 Å². The molecule has 1 atom stereocenters. The molecule has 0 aromatic carbocycles. The van der Waals surface area contributed by atoms with Gasteiger partial charge in [-0.25, -0.2) is 4.79 Å². The average molecular weight is 543 g/mol. The Kier molecular flexibility index (Phi) is 11.5. The van der Waals surface area contributed by atoms with E-state index in [-0.39, 0.29) is 47.7 Å². The van der Waals surface area contributed by atoms with Crippen molar-refractivity contribution in [3.05, 3.63) is 32.3 Å². The lowest BCUT2D eigenvalue weighted by Gasteiger charge is -2.36. The second kappa shape index (κ2) is 13.8. The van der Waals surface area contributed by atoms with Gasteiger partial charge in [0.15, 0.2) is 5.11 Å². The van der Waals surface area contributed by atoms with Crippen LogP contribution < -0.4 is 0 Å². The Bertz CT molecular complexity index is 961. The first-order valence-corrected chi connectivity index (χ1v) is 13.3. The van der Waals surface area contributed by atoms with Crippen molar-refractivity contribution in [3.8, 4) is 0 Å². The molecule has 35 heavy (non-hydrogen) atoms. The Morgan fingerprint density at radius 3 is 2.40 bits per heavy atom. The number of unbranched alkanes of at least 4 members (excludes halogenated alkanes) is 2. The zero-order chi connectivity index (χ0) is 26.1. The van der Waals surface area contributed by atoms with Crippen molar-refractivity contribution in [2.24, 2.45) is 0 Å². The molecule has 2 heterocycles. The Morgan fingerprint density at radius 1 is 1.14 bits per heavy atom. The highest BCUT2D eigenvalue weighted by Crippen LogP contribution is 2.46. The first-order chi connectivity index (χ1) is 16.6. The van der Waals surface area contributed by atoms with Gasteiger partial charge >= 0.3 is 11.9 Å². The monoisotopic (exact) mass is 542 g/mol. The highest BCUT2D eigenvalue weighted by Gasteiger charge is 2.41. The predicted molar refractivity (Wildman–Crippen MR) is 139 cm³/mol. The highest BCUT2D eigenvalue weighted by atomic mass is 32.2. The summed E-state index contributed by atoms with van der Waals surface area (Å²) in [7, 11) is 0. The molecule has 1 unspecified atom stereocenters. The highest BCUT2D eigenvalue weighted by molar-refractivity contribution is 8.28. The topological polar surface area (TPSA) is 113 Å². The van der Waals surface area contributed by atoms with E-state index in [9.17, 15) is 24.3 Å². The summed E-state index contributed by atoms with van der Waals surface area (Å²) in [5, 5.41) is 11.8. The number of aliphatic hydroxyl groups is 1. The van der Waals surface area contributed by atoms with Crippen LogP contribution in [0.15, 0.2) is 32.3 Å². The summed E-state index contributed by atoms with van der Waals surface area (Å²) >= 11 is 8.19. The number of rotatable bonds is 12. The van der Waals surface area contributed by atoms with E-state index < -0.39 is 18.0 Å². The number of carbonyl (C=O) groups excluding carboxylic acids is 4. The quantitative estimate of drug-likeness (QED) is 0.130. The van der Waals surface area contributed by atoms with Gasteiger partial charge in [-0.15, -0.1) is 0 Å². The Hall–Kier alpha value is -2.15. The summed E-state index contributed by atoms with van der Waals surface area (Å²) < 4.78 is 10.5. The lowest BCUT2D eigenvalue weighted by molar-refractivity contribution is -0.150. The van der Waals surface area contributed by atoms with Gasteiger partial charge in [0.2, 0.25) is 0 Å². The van der Waals surface area contributed by atoms with E-state index in [1.807, 2.05) is 19.3 Å². The van der Waals surface area contributed by atoms with Gasteiger partial charge in [-0.2, -0.15) is 0 Å². The fraction of sp³-hybridized carbons (Fsp3) is 0.522. The number of amides is 2. The van der Waals surface area contributed by atoms with Crippen molar-refractivity contribution in [2.75, 3.05) is 26.3 Å². The number of carbonyl (C=O) groups is 4. The van der Waals surface area contributed by atoms with Gasteiger partial charge in [0.05, 0.1) is 4.24 Å². The third-order valence-corrected chi connectivity index (χ3v) is 7.79. The molecule has 2 amide bonds. The van der Waals surface area contributed by atoms with Crippen LogP contribution in [0.4, 0.5) is 0 Å². The molecule has 9 nitrogen and oxygen atoms in total. The number of ether oxygens (including phenoxy) is 2. The number of aliphatic hydroxyl groups excluding tert-OH is 1. The van der Waals surface area contributed by atoms with Gasteiger partial charge < -0.3 is 14.6 Å². The SMILES string of the molecule is C=C(C)C(=O)OCC(O)COC(=O)CCCCCN1C(=O)/C(=C2\SC=C(C)S2)C(=O)N(CC)C1=S. The van der Waals surface area contributed by atoms with Crippen LogP contribution in [-0.4, -0.2) is 76.2 Å². The molecule has 0 aliphatic carbocycles. The van der Waals surface area contributed by atoms with E-state index in [1.165, 1.54) is 40.2 Å². The molecule has 0 spiro atoms. The van der Waals surface area contributed by atoms with Gasteiger partial charge in [0, 0.05) is 25.1 Å². The second-order valence-electron chi connectivity index (χ2n) is 7.93. The maximum Gasteiger partial charge on any atom is 0.333 e. The minimum Gasteiger partial charge on any atom is -0.463 e. The molecule has 0 saturated carbocycles. The molecular weight excluding hydrogens is 512 g/mol. The average Bonchev–Trinajstić information content (AvgIpc) is 3.23. The largest absolute Gasteiger partial charge is 0.463 e.